The monoisotopic (exact) mass is 288 g/mol. The summed E-state index contributed by atoms with van der Waals surface area (Å²) < 4.78 is 5.26. The molecule has 0 amide bonds. The molecule has 5 nitrogen and oxygen atoms in total. The summed E-state index contributed by atoms with van der Waals surface area (Å²) in [4.78, 5) is 11.1. The van der Waals surface area contributed by atoms with Gasteiger partial charge in [0.25, 0.3) is 0 Å². The van der Waals surface area contributed by atoms with Crippen molar-refractivity contribution in [1.82, 2.24) is 9.97 Å². The van der Waals surface area contributed by atoms with E-state index in [1.165, 1.54) is 0 Å². The van der Waals surface area contributed by atoms with Crippen molar-refractivity contribution >= 4 is 22.7 Å². The smallest absolute Gasteiger partial charge is 0.222 e. The number of rotatable bonds is 7. The van der Waals surface area contributed by atoms with Crippen LogP contribution in [0.15, 0.2) is 24.3 Å². The van der Waals surface area contributed by atoms with Crippen LogP contribution in [0.25, 0.3) is 10.9 Å². The lowest BCUT2D eigenvalue weighted by molar-refractivity contribution is 0.202. The van der Waals surface area contributed by atoms with Crippen molar-refractivity contribution in [2.75, 3.05) is 30.9 Å². The molecule has 0 atom stereocenters. The fourth-order valence-electron chi connectivity index (χ4n) is 2.68. The normalized spacial score (nSPS) is 11.2. The largest absolute Gasteiger partial charge is 0.383 e. The SMILES string of the molecule is CCC(CC)N(CCOC)c1nc(N)nc2ccccc12. The fourth-order valence-corrected chi connectivity index (χ4v) is 2.68. The van der Waals surface area contributed by atoms with Gasteiger partial charge in [0, 0.05) is 25.1 Å². The van der Waals surface area contributed by atoms with Crippen molar-refractivity contribution in [3.8, 4) is 0 Å². The third-order valence-electron chi connectivity index (χ3n) is 3.79. The highest BCUT2D eigenvalue weighted by Gasteiger charge is 2.20. The summed E-state index contributed by atoms with van der Waals surface area (Å²) in [5.41, 5.74) is 6.78. The zero-order valence-corrected chi connectivity index (χ0v) is 13.0. The average molecular weight is 288 g/mol. The molecule has 2 N–H and O–H groups in total. The molecule has 114 valence electrons. The molecule has 0 aliphatic rings. The van der Waals surface area contributed by atoms with Crippen LogP contribution in [0.2, 0.25) is 0 Å². The van der Waals surface area contributed by atoms with E-state index in [0.717, 1.165) is 36.1 Å². The lowest BCUT2D eigenvalue weighted by Crippen LogP contribution is -2.38. The maximum absolute atomic E-state index is 5.89. The molecule has 1 aromatic carbocycles. The summed E-state index contributed by atoms with van der Waals surface area (Å²) in [6, 6.07) is 8.41. The first kappa shape index (κ1) is 15.5. The van der Waals surface area contributed by atoms with Crippen molar-refractivity contribution in [2.45, 2.75) is 32.7 Å². The van der Waals surface area contributed by atoms with Gasteiger partial charge in [0.1, 0.15) is 5.82 Å². The van der Waals surface area contributed by atoms with Gasteiger partial charge < -0.3 is 15.4 Å². The van der Waals surface area contributed by atoms with Crippen LogP contribution in [0.3, 0.4) is 0 Å². The Morgan fingerprint density at radius 3 is 2.57 bits per heavy atom. The topological polar surface area (TPSA) is 64.3 Å². The number of nitrogens with zero attached hydrogens (tertiary/aromatic N) is 3. The number of ether oxygens (including phenoxy) is 1. The van der Waals surface area contributed by atoms with Gasteiger partial charge in [-0.15, -0.1) is 0 Å². The lowest BCUT2D eigenvalue weighted by Gasteiger charge is -2.32. The van der Waals surface area contributed by atoms with Gasteiger partial charge in [0.2, 0.25) is 5.95 Å². The molecule has 2 rings (SSSR count). The van der Waals surface area contributed by atoms with Gasteiger partial charge in [-0.05, 0) is 25.0 Å². The third-order valence-corrected chi connectivity index (χ3v) is 3.79. The van der Waals surface area contributed by atoms with Gasteiger partial charge in [-0.1, -0.05) is 26.0 Å². The number of hydrogen-bond donors (Lipinski definition) is 1. The number of aromatic nitrogens is 2. The minimum atomic E-state index is 0.317. The van der Waals surface area contributed by atoms with Crippen LogP contribution in [-0.4, -0.2) is 36.3 Å². The molecule has 0 aliphatic heterocycles. The standard InChI is InChI=1S/C16H24N4O/c1-4-12(5-2)20(10-11-21-3)15-13-8-6-7-9-14(13)18-16(17)19-15/h6-9,12H,4-5,10-11H2,1-3H3,(H2,17,18,19). The van der Waals surface area contributed by atoms with Crippen molar-refractivity contribution < 1.29 is 4.74 Å². The predicted molar refractivity (Wildman–Crippen MR) is 87.5 cm³/mol. The van der Waals surface area contributed by atoms with Crippen molar-refractivity contribution in [1.29, 1.82) is 0 Å². The van der Waals surface area contributed by atoms with Crippen LogP contribution in [0.1, 0.15) is 26.7 Å². The molecule has 2 aromatic rings. The van der Waals surface area contributed by atoms with E-state index in [4.69, 9.17) is 10.5 Å². The van der Waals surface area contributed by atoms with E-state index in [-0.39, 0.29) is 0 Å². The third kappa shape index (κ3) is 3.42. The Balaban J connectivity index is 2.52. The molecule has 0 saturated carbocycles. The maximum atomic E-state index is 5.89. The molecule has 0 fully saturated rings. The van der Waals surface area contributed by atoms with Gasteiger partial charge in [0.15, 0.2) is 0 Å². The number of hydrogen-bond acceptors (Lipinski definition) is 5. The van der Waals surface area contributed by atoms with Crippen molar-refractivity contribution in [2.24, 2.45) is 0 Å². The minimum Gasteiger partial charge on any atom is -0.383 e. The average Bonchev–Trinajstić information content (AvgIpc) is 2.50. The molecule has 0 aliphatic carbocycles. The van der Waals surface area contributed by atoms with Crippen molar-refractivity contribution in [3.63, 3.8) is 0 Å². The molecular weight excluding hydrogens is 264 g/mol. The molecule has 1 aromatic heterocycles. The summed E-state index contributed by atoms with van der Waals surface area (Å²) in [5.74, 6) is 1.22. The number of methoxy groups -OCH3 is 1. The van der Waals surface area contributed by atoms with Crippen LogP contribution in [0.4, 0.5) is 11.8 Å². The van der Waals surface area contributed by atoms with Gasteiger partial charge in [0.05, 0.1) is 12.1 Å². The van der Waals surface area contributed by atoms with Crippen molar-refractivity contribution in [3.05, 3.63) is 24.3 Å². The molecule has 0 radical (unpaired) electrons. The lowest BCUT2D eigenvalue weighted by atomic mass is 10.1. The quantitative estimate of drug-likeness (QED) is 0.848. The zero-order chi connectivity index (χ0) is 15.2. The Bertz CT molecular complexity index is 583. The summed E-state index contributed by atoms with van der Waals surface area (Å²) >= 11 is 0. The molecule has 0 unspecified atom stereocenters. The Kier molecular flexibility index (Phi) is 5.33. The van der Waals surface area contributed by atoms with E-state index in [2.05, 4.69) is 28.7 Å². The summed E-state index contributed by atoms with van der Waals surface area (Å²) in [7, 11) is 1.72. The summed E-state index contributed by atoms with van der Waals surface area (Å²) in [5, 5.41) is 1.04. The Morgan fingerprint density at radius 2 is 1.90 bits per heavy atom. The molecular formula is C16H24N4O. The second-order valence-corrected chi connectivity index (χ2v) is 5.08. The predicted octanol–water partition coefficient (Wildman–Crippen LogP) is 2.85. The van der Waals surface area contributed by atoms with Gasteiger partial charge in [-0.25, -0.2) is 4.98 Å². The molecule has 1 heterocycles. The number of fused-ring (bicyclic) bond motifs is 1. The van der Waals surface area contributed by atoms with E-state index in [9.17, 15) is 0 Å². The number of para-hydroxylation sites is 1. The molecule has 0 spiro atoms. The highest BCUT2D eigenvalue weighted by atomic mass is 16.5. The maximum Gasteiger partial charge on any atom is 0.222 e. The first-order chi connectivity index (χ1) is 10.2. The van der Waals surface area contributed by atoms with Gasteiger partial charge in [-0.3, -0.25) is 0 Å². The van der Waals surface area contributed by atoms with E-state index >= 15 is 0 Å². The Morgan fingerprint density at radius 1 is 1.19 bits per heavy atom. The highest BCUT2D eigenvalue weighted by Crippen LogP contribution is 2.27. The molecule has 0 saturated heterocycles. The van der Waals surface area contributed by atoms with E-state index in [1.54, 1.807) is 7.11 Å². The highest BCUT2D eigenvalue weighted by molar-refractivity contribution is 5.90. The molecule has 5 heteroatoms. The van der Waals surface area contributed by atoms with Crippen LogP contribution in [0, 0.1) is 0 Å². The summed E-state index contributed by atoms with van der Waals surface area (Å²) in [6.07, 6.45) is 2.11. The second-order valence-electron chi connectivity index (χ2n) is 5.08. The minimum absolute atomic E-state index is 0.317. The van der Waals surface area contributed by atoms with Crippen LogP contribution in [0.5, 0.6) is 0 Å². The van der Waals surface area contributed by atoms with Crippen LogP contribution < -0.4 is 10.6 Å². The molecule has 21 heavy (non-hydrogen) atoms. The van der Waals surface area contributed by atoms with Crippen LogP contribution in [-0.2, 0) is 4.74 Å². The van der Waals surface area contributed by atoms with E-state index in [0.29, 0.717) is 18.6 Å². The number of anilines is 2. The second kappa shape index (κ2) is 7.22. The van der Waals surface area contributed by atoms with E-state index in [1.807, 2.05) is 24.3 Å². The summed E-state index contributed by atoms with van der Waals surface area (Å²) in [6.45, 7) is 5.85. The first-order valence-corrected chi connectivity index (χ1v) is 7.49. The van der Waals surface area contributed by atoms with Gasteiger partial charge >= 0.3 is 0 Å². The molecule has 0 bridgehead atoms. The Hall–Kier alpha value is -1.88. The Labute approximate surface area is 126 Å². The number of nitrogens with two attached hydrogens (primary N) is 1. The fraction of sp³-hybridized carbons (Fsp3) is 0.500. The number of benzene rings is 1. The van der Waals surface area contributed by atoms with Gasteiger partial charge in [-0.2, -0.15) is 4.98 Å². The first-order valence-electron chi connectivity index (χ1n) is 7.49. The zero-order valence-electron chi connectivity index (χ0n) is 13.0. The van der Waals surface area contributed by atoms with Crippen LogP contribution >= 0.6 is 0 Å². The van der Waals surface area contributed by atoms with E-state index < -0.39 is 0 Å². The number of nitrogen functional groups attached to an aromatic ring is 1.